The van der Waals surface area contributed by atoms with Crippen molar-refractivity contribution in [3.05, 3.63) is 29.3 Å². The van der Waals surface area contributed by atoms with Crippen LogP contribution in [0.2, 0.25) is 18.1 Å². The summed E-state index contributed by atoms with van der Waals surface area (Å²) in [4.78, 5) is 0. The molecule has 3 N–H and O–H groups in total. The maximum Gasteiger partial charge on any atom is 0.192 e. The minimum absolute atomic E-state index is 0.0257. The lowest BCUT2D eigenvalue weighted by Gasteiger charge is -2.39. The van der Waals surface area contributed by atoms with Gasteiger partial charge in [0.05, 0.1) is 11.9 Å². The fourth-order valence-electron chi connectivity index (χ4n) is 1.99. The van der Waals surface area contributed by atoms with Crippen LogP contribution in [0.25, 0.3) is 0 Å². The molecule has 0 aromatic heterocycles. The van der Waals surface area contributed by atoms with Crippen LogP contribution >= 0.6 is 0 Å². The predicted molar refractivity (Wildman–Crippen MR) is 96.7 cm³/mol. The molecule has 0 radical (unpaired) electrons. The molecule has 0 aliphatic heterocycles. The Hall–Kier alpha value is -0.893. The summed E-state index contributed by atoms with van der Waals surface area (Å²) in [5, 5.41) is 9.94. The van der Waals surface area contributed by atoms with Crippen LogP contribution < -0.4 is 5.73 Å². The Labute approximate surface area is 140 Å². The first-order valence-electron chi connectivity index (χ1n) is 7.64. The zero-order valence-corrected chi connectivity index (χ0v) is 16.7. The zero-order chi connectivity index (χ0) is 18.1. The van der Waals surface area contributed by atoms with Crippen LogP contribution in [0.1, 0.15) is 38.0 Å². The van der Waals surface area contributed by atoms with E-state index in [9.17, 15) is 13.5 Å². The van der Waals surface area contributed by atoms with Gasteiger partial charge in [0.1, 0.15) is 5.75 Å². The Morgan fingerprint density at radius 3 is 2.30 bits per heavy atom. The van der Waals surface area contributed by atoms with Crippen molar-refractivity contribution in [2.45, 2.75) is 50.8 Å². The predicted octanol–water partition coefficient (Wildman–Crippen LogP) is 2.96. The van der Waals surface area contributed by atoms with Gasteiger partial charge in [-0.15, -0.1) is 0 Å². The highest BCUT2D eigenvalue weighted by atomic mass is 32.2. The van der Waals surface area contributed by atoms with E-state index >= 15 is 0 Å². The Morgan fingerprint density at radius 2 is 1.87 bits per heavy atom. The molecule has 1 aromatic rings. The van der Waals surface area contributed by atoms with E-state index in [2.05, 4.69) is 33.9 Å². The minimum Gasteiger partial charge on any atom is -0.508 e. The van der Waals surface area contributed by atoms with Crippen molar-refractivity contribution in [1.29, 1.82) is 0 Å². The third kappa shape index (κ3) is 5.60. The van der Waals surface area contributed by atoms with E-state index < -0.39 is 18.2 Å². The molecule has 0 aliphatic rings. The molecule has 0 fully saturated rings. The molecule has 0 heterocycles. The summed E-state index contributed by atoms with van der Waals surface area (Å²) in [5.41, 5.74) is 7.06. The van der Waals surface area contributed by atoms with Gasteiger partial charge in [0, 0.05) is 18.4 Å². The van der Waals surface area contributed by atoms with Gasteiger partial charge >= 0.3 is 0 Å². The van der Waals surface area contributed by atoms with E-state index in [1.165, 1.54) is 6.07 Å². The van der Waals surface area contributed by atoms with E-state index in [-0.39, 0.29) is 22.6 Å². The Bertz CT molecular complexity index is 651. The summed E-state index contributed by atoms with van der Waals surface area (Å²) < 4.78 is 29.4. The van der Waals surface area contributed by atoms with E-state index in [0.29, 0.717) is 12.1 Å². The lowest BCUT2D eigenvalue weighted by atomic mass is 10.1. The largest absolute Gasteiger partial charge is 0.508 e. The Balaban J connectivity index is 3.15. The van der Waals surface area contributed by atoms with Gasteiger partial charge < -0.3 is 15.3 Å². The number of hydrogen-bond acceptors (Lipinski definition) is 5. The average Bonchev–Trinajstić information content (AvgIpc) is 2.36. The molecule has 1 aromatic carbocycles. The molecule has 0 spiro atoms. The zero-order valence-electron chi connectivity index (χ0n) is 14.9. The fraction of sp³-hybridized carbons (Fsp3) is 0.625. The first-order valence-corrected chi connectivity index (χ1v) is 12.6. The molecule has 0 amide bonds. The number of phenolic OH excluding ortho intramolecular Hbond substituents is 1. The first-order chi connectivity index (χ1) is 10.3. The third-order valence-corrected chi connectivity index (χ3v) is 9.67. The van der Waals surface area contributed by atoms with Crippen LogP contribution in [0.5, 0.6) is 5.75 Å². The summed E-state index contributed by atoms with van der Waals surface area (Å²) in [6.07, 6.45) is 0.834. The van der Waals surface area contributed by atoms with E-state index in [4.69, 9.17) is 10.2 Å². The summed E-state index contributed by atoms with van der Waals surface area (Å²) in [7, 11) is -5.24. The monoisotopic (exact) mass is 359 g/mol. The van der Waals surface area contributed by atoms with Crippen LogP contribution in [-0.4, -0.2) is 34.6 Å². The highest BCUT2D eigenvalue weighted by Crippen LogP contribution is 2.40. The second-order valence-corrected chi connectivity index (χ2v) is 14.5. The normalized spacial score (nSPS) is 14.7. The van der Waals surface area contributed by atoms with Gasteiger partial charge in [-0.25, -0.2) is 8.42 Å². The maximum atomic E-state index is 11.5. The Morgan fingerprint density at radius 1 is 1.30 bits per heavy atom. The fourth-order valence-corrected chi connectivity index (χ4v) is 4.08. The van der Waals surface area contributed by atoms with Gasteiger partial charge in [-0.3, -0.25) is 0 Å². The van der Waals surface area contributed by atoms with Crippen molar-refractivity contribution in [1.82, 2.24) is 0 Å². The van der Waals surface area contributed by atoms with Gasteiger partial charge in [-0.2, -0.15) is 0 Å². The lowest BCUT2D eigenvalue weighted by Crippen LogP contribution is -2.43. The molecule has 0 bridgehead atoms. The van der Waals surface area contributed by atoms with Crippen molar-refractivity contribution >= 4 is 18.2 Å². The van der Waals surface area contributed by atoms with Crippen molar-refractivity contribution in [3.63, 3.8) is 0 Å². The minimum atomic E-state index is -3.23. The average molecular weight is 360 g/mol. The molecular formula is C16H29NO4SSi. The van der Waals surface area contributed by atoms with Crippen molar-refractivity contribution < 1.29 is 18.0 Å². The Kier molecular flexibility index (Phi) is 6.07. The SMILES string of the molecule is CC(C)(C)[Si](C)(C)O[C@@H](CN)c1ccc(O)c(CS(C)(=O)=O)c1. The summed E-state index contributed by atoms with van der Waals surface area (Å²) in [6, 6.07) is 4.93. The molecular weight excluding hydrogens is 330 g/mol. The van der Waals surface area contributed by atoms with Gasteiger partial charge in [0.2, 0.25) is 0 Å². The highest BCUT2D eigenvalue weighted by Gasteiger charge is 2.39. The number of aromatic hydroxyl groups is 1. The van der Waals surface area contributed by atoms with Crippen LogP contribution in [0.4, 0.5) is 0 Å². The third-order valence-electron chi connectivity index (χ3n) is 4.35. The molecule has 1 rings (SSSR count). The number of sulfone groups is 1. The standard InChI is InChI=1S/C16H29NO4SSi/c1-16(2,3)23(5,6)21-15(10-17)12-7-8-14(18)13(9-12)11-22(4,19)20/h7-9,15,18H,10-11,17H2,1-6H3/t15-/m0/s1. The van der Waals surface area contributed by atoms with Crippen LogP contribution in [0.15, 0.2) is 18.2 Å². The molecule has 7 heteroatoms. The lowest BCUT2D eigenvalue weighted by molar-refractivity contribution is 0.191. The maximum absolute atomic E-state index is 11.5. The van der Waals surface area contributed by atoms with E-state index in [0.717, 1.165) is 11.8 Å². The molecule has 132 valence electrons. The molecule has 0 aliphatic carbocycles. The summed E-state index contributed by atoms with van der Waals surface area (Å²) in [5.74, 6) is -0.230. The molecule has 23 heavy (non-hydrogen) atoms. The smallest absolute Gasteiger partial charge is 0.192 e. The van der Waals surface area contributed by atoms with E-state index in [1.54, 1.807) is 12.1 Å². The number of rotatable bonds is 6. The van der Waals surface area contributed by atoms with Crippen molar-refractivity contribution in [2.24, 2.45) is 5.73 Å². The van der Waals surface area contributed by atoms with Gasteiger partial charge in [-0.05, 0) is 35.8 Å². The summed E-state index contributed by atoms with van der Waals surface area (Å²) in [6.45, 7) is 11.0. The van der Waals surface area contributed by atoms with Gasteiger partial charge in [0.15, 0.2) is 18.2 Å². The van der Waals surface area contributed by atoms with Crippen LogP contribution in [0, 0.1) is 0 Å². The second kappa shape index (κ2) is 6.92. The highest BCUT2D eigenvalue weighted by molar-refractivity contribution is 7.89. The molecule has 0 saturated heterocycles. The second-order valence-electron chi connectivity index (χ2n) is 7.56. The molecule has 1 atom stereocenters. The number of phenols is 1. The van der Waals surface area contributed by atoms with Crippen molar-refractivity contribution in [2.75, 3.05) is 12.8 Å². The number of nitrogens with two attached hydrogens (primary N) is 1. The van der Waals surface area contributed by atoms with Crippen molar-refractivity contribution in [3.8, 4) is 5.75 Å². The quantitative estimate of drug-likeness (QED) is 0.762. The van der Waals surface area contributed by atoms with Crippen LogP contribution in [-0.2, 0) is 20.0 Å². The summed E-state index contributed by atoms with van der Waals surface area (Å²) >= 11 is 0. The number of hydrogen-bond donors (Lipinski definition) is 2. The molecule has 5 nitrogen and oxygen atoms in total. The topological polar surface area (TPSA) is 89.6 Å². The first kappa shape index (κ1) is 20.2. The molecule has 0 saturated carbocycles. The van der Waals surface area contributed by atoms with E-state index in [1.807, 2.05) is 0 Å². The van der Waals surface area contributed by atoms with Crippen LogP contribution in [0.3, 0.4) is 0 Å². The molecule has 0 unspecified atom stereocenters. The van der Waals surface area contributed by atoms with Gasteiger partial charge in [-0.1, -0.05) is 26.8 Å². The number of benzene rings is 1. The van der Waals surface area contributed by atoms with Gasteiger partial charge in [0.25, 0.3) is 0 Å².